The summed E-state index contributed by atoms with van der Waals surface area (Å²) < 4.78 is 23.8. The van der Waals surface area contributed by atoms with E-state index < -0.39 is 20.8 Å². The van der Waals surface area contributed by atoms with Gasteiger partial charge in [-0.3, -0.25) is 4.79 Å². The Bertz CT molecular complexity index is 544. The molecule has 0 aliphatic rings. The highest BCUT2D eigenvalue weighted by Crippen LogP contribution is 2.14. The van der Waals surface area contributed by atoms with Crippen LogP contribution in [0, 0.1) is 13.8 Å². The zero-order valence-corrected chi connectivity index (χ0v) is 12.2. The topological polar surface area (TPSA) is 51.2 Å². The Morgan fingerprint density at radius 2 is 1.89 bits per heavy atom. The number of hydrogen-bond acceptors (Lipinski definition) is 3. The highest BCUT2D eigenvalue weighted by Gasteiger charge is 2.24. The van der Waals surface area contributed by atoms with E-state index in [-0.39, 0.29) is 5.78 Å². The van der Waals surface area contributed by atoms with E-state index >= 15 is 0 Å². The van der Waals surface area contributed by atoms with Crippen molar-refractivity contribution in [2.24, 2.45) is 0 Å². The van der Waals surface area contributed by atoms with E-state index in [2.05, 4.69) is 0 Å². The molecule has 1 atom stereocenters. The second-order valence-corrected chi connectivity index (χ2v) is 7.19. The molecule has 0 aliphatic heterocycles. The Hall–Kier alpha value is -1.16. The molecule has 18 heavy (non-hydrogen) atoms. The number of aryl methyl sites for hydroxylation is 2. The maximum atomic E-state index is 12.1. The largest absolute Gasteiger partial charge is 0.293 e. The van der Waals surface area contributed by atoms with Crippen molar-refractivity contribution in [1.29, 1.82) is 0 Å². The molecule has 0 aliphatic carbocycles. The minimum absolute atomic E-state index is 0.309. The molecular weight excluding hydrogens is 248 g/mol. The van der Waals surface area contributed by atoms with Crippen LogP contribution in [0.3, 0.4) is 0 Å². The van der Waals surface area contributed by atoms with Crippen LogP contribution in [-0.2, 0) is 9.84 Å². The van der Waals surface area contributed by atoms with E-state index in [0.29, 0.717) is 12.0 Å². The average Bonchev–Trinajstić information content (AvgIpc) is 2.30. The fraction of sp³-hybridized carbons (Fsp3) is 0.500. The molecule has 0 N–H and O–H groups in total. The van der Waals surface area contributed by atoms with Gasteiger partial charge in [-0.1, -0.05) is 24.6 Å². The fourth-order valence-corrected chi connectivity index (χ4v) is 3.01. The number of benzene rings is 1. The van der Waals surface area contributed by atoms with Crippen molar-refractivity contribution in [3.63, 3.8) is 0 Å². The zero-order chi connectivity index (χ0) is 13.9. The van der Waals surface area contributed by atoms with Gasteiger partial charge in [0.05, 0.1) is 5.25 Å². The highest BCUT2D eigenvalue weighted by molar-refractivity contribution is 7.92. The van der Waals surface area contributed by atoms with E-state index in [4.69, 9.17) is 0 Å². The summed E-state index contributed by atoms with van der Waals surface area (Å²) in [7, 11) is -3.34. The molecule has 0 bridgehead atoms. The molecule has 3 nitrogen and oxygen atoms in total. The molecule has 0 spiro atoms. The van der Waals surface area contributed by atoms with Gasteiger partial charge in [-0.25, -0.2) is 8.42 Å². The average molecular weight is 268 g/mol. The first-order valence-electron chi connectivity index (χ1n) is 6.10. The number of ketones is 1. The highest BCUT2D eigenvalue weighted by atomic mass is 32.2. The monoisotopic (exact) mass is 268 g/mol. The maximum absolute atomic E-state index is 12.1. The smallest absolute Gasteiger partial charge is 0.178 e. The van der Waals surface area contributed by atoms with E-state index in [0.717, 1.165) is 11.1 Å². The third-order valence-electron chi connectivity index (χ3n) is 3.21. The molecule has 0 aromatic heterocycles. The molecule has 0 saturated carbocycles. The summed E-state index contributed by atoms with van der Waals surface area (Å²) in [5.41, 5.74) is 2.30. The lowest BCUT2D eigenvalue weighted by atomic mass is 10.0. The molecule has 1 aromatic rings. The number of carbonyl (C=O) groups excluding carboxylic acids is 1. The quantitative estimate of drug-likeness (QED) is 0.771. The summed E-state index contributed by atoms with van der Waals surface area (Å²) in [4.78, 5) is 12.1. The second-order valence-electron chi connectivity index (χ2n) is 4.77. The van der Waals surface area contributed by atoms with E-state index in [1.807, 2.05) is 32.9 Å². The SMILES string of the molecule is CCC(C)S(=O)(=O)CC(=O)c1cc(C)ccc1C. The van der Waals surface area contributed by atoms with Crippen LogP contribution < -0.4 is 0 Å². The summed E-state index contributed by atoms with van der Waals surface area (Å²) in [5.74, 6) is -0.705. The zero-order valence-electron chi connectivity index (χ0n) is 11.4. The summed E-state index contributed by atoms with van der Waals surface area (Å²) in [5, 5.41) is -0.466. The predicted octanol–water partition coefficient (Wildman–Crippen LogP) is 2.70. The van der Waals surface area contributed by atoms with Gasteiger partial charge in [0, 0.05) is 5.56 Å². The van der Waals surface area contributed by atoms with E-state index in [9.17, 15) is 13.2 Å². The predicted molar refractivity (Wildman–Crippen MR) is 73.8 cm³/mol. The first-order valence-corrected chi connectivity index (χ1v) is 7.81. The Balaban J connectivity index is 3.00. The van der Waals surface area contributed by atoms with Crippen LogP contribution in [0.1, 0.15) is 41.8 Å². The molecule has 4 heteroatoms. The van der Waals surface area contributed by atoms with Gasteiger partial charge >= 0.3 is 0 Å². The normalized spacial score (nSPS) is 13.3. The van der Waals surface area contributed by atoms with Gasteiger partial charge in [-0.05, 0) is 38.8 Å². The molecular formula is C14H20O3S. The molecule has 0 saturated heterocycles. The lowest BCUT2D eigenvalue weighted by molar-refractivity contribution is 0.102. The van der Waals surface area contributed by atoms with Crippen LogP contribution in [0.15, 0.2) is 18.2 Å². The number of hydrogen-bond donors (Lipinski definition) is 0. The van der Waals surface area contributed by atoms with Crippen LogP contribution in [0.2, 0.25) is 0 Å². The van der Waals surface area contributed by atoms with E-state index in [1.54, 1.807) is 13.0 Å². The Labute approximate surface area is 109 Å². The van der Waals surface area contributed by atoms with Crippen LogP contribution in [0.5, 0.6) is 0 Å². The van der Waals surface area contributed by atoms with Gasteiger partial charge < -0.3 is 0 Å². The van der Waals surface area contributed by atoms with Crippen molar-refractivity contribution in [2.45, 2.75) is 39.4 Å². The van der Waals surface area contributed by atoms with Crippen LogP contribution in [-0.4, -0.2) is 25.2 Å². The van der Waals surface area contributed by atoms with Gasteiger partial charge in [0.1, 0.15) is 5.75 Å². The molecule has 100 valence electrons. The third kappa shape index (κ3) is 3.42. The first-order chi connectivity index (χ1) is 8.27. The summed E-state index contributed by atoms with van der Waals surface area (Å²) in [6.07, 6.45) is 0.530. The van der Waals surface area contributed by atoms with Crippen LogP contribution in [0.4, 0.5) is 0 Å². The van der Waals surface area contributed by atoms with Crippen molar-refractivity contribution >= 4 is 15.6 Å². The molecule has 0 fully saturated rings. The Kier molecular flexibility index (Phi) is 4.68. The molecule has 0 heterocycles. The summed E-state index contributed by atoms with van der Waals surface area (Å²) >= 11 is 0. The number of sulfone groups is 1. The van der Waals surface area contributed by atoms with Crippen molar-refractivity contribution in [3.8, 4) is 0 Å². The minimum Gasteiger partial charge on any atom is -0.293 e. The standard InChI is InChI=1S/C14H20O3S/c1-5-12(4)18(16,17)9-14(15)13-8-10(2)6-7-11(13)3/h6-8,12H,5,9H2,1-4H3. The number of carbonyl (C=O) groups is 1. The fourth-order valence-electron chi connectivity index (χ4n) is 1.69. The molecule has 1 rings (SSSR count). The van der Waals surface area contributed by atoms with Gasteiger partial charge in [-0.2, -0.15) is 0 Å². The lowest BCUT2D eigenvalue weighted by Gasteiger charge is -2.11. The van der Waals surface area contributed by atoms with Gasteiger partial charge in [0.25, 0.3) is 0 Å². The van der Waals surface area contributed by atoms with Crippen molar-refractivity contribution in [3.05, 3.63) is 34.9 Å². The van der Waals surface area contributed by atoms with Crippen LogP contribution in [0.25, 0.3) is 0 Å². The Morgan fingerprint density at radius 3 is 2.44 bits per heavy atom. The molecule has 0 amide bonds. The summed E-state index contributed by atoms with van der Waals surface area (Å²) in [6.45, 7) is 7.16. The number of Topliss-reactive ketones (excluding diaryl/α,β-unsaturated/α-hetero) is 1. The molecule has 1 aromatic carbocycles. The van der Waals surface area contributed by atoms with Crippen molar-refractivity contribution in [1.82, 2.24) is 0 Å². The lowest BCUT2D eigenvalue weighted by Crippen LogP contribution is -2.25. The van der Waals surface area contributed by atoms with Crippen molar-refractivity contribution in [2.75, 3.05) is 5.75 Å². The minimum atomic E-state index is -3.34. The molecule has 1 unspecified atom stereocenters. The van der Waals surface area contributed by atoms with Gasteiger partial charge in [0.15, 0.2) is 15.6 Å². The maximum Gasteiger partial charge on any atom is 0.178 e. The third-order valence-corrected chi connectivity index (χ3v) is 5.44. The van der Waals surface area contributed by atoms with Crippen molar-refractivity contribution < 1.29 is 13.2 Å². The first kappa shape index (κ1) is 14.9. The van der Waals surface area contributed by atoms with Gasteiger partial charge in [-0.15, -0.1) is 0 Å². The Morgan fingerprint density at radius 1 is 1.28 bits per heavy atom. The number of rotatable bonds is 5. The molecule has 0 radical (unpaired) electrons. The van der Waals surface area contributed by atoms with E-state index in [1.165, 1.54) is 0 Å². The second kappa shape index (κ2) is 5.65. The summed E-state index contributed by atoms with van der Waals surface area (Å²) in [6, 6.07) is 5.51. The van der Waals surface area contributed by atoms with Gasteiger partial charge in [0.2, 0.25) is 0 Å². The van der Waals surface area contributed by atoms with Crippen LogP contribution >= 0.6 is 0 Å².